The molecule has 1 aromatic carbocycles. The third kappa shape index (κ3) is 2.51. The van der Waals surface area contributed by atoms with Crippen LogP contribution in [0.25, 0.3) is 0 Å². The second-order valence-electron chi connectivity index (χ2n) is 4.19. The van der Waals surface area contributed by atoms with Crippen molar-refractivity contribution in [2.24, 2.45) is 4.99 Å². The van der Waals surface area contributed by atoms with Crippen LogP contribution in [0.4, 0.5) is 0 Å². The maximum absolute atomic E-state index is 11.9. The van der Waals surface area contributed by atoms with E-state index in [-0.39, 0.29) is 11.7 Å². The van der Waals surface area contributed by atoms with Crippen molar-refractivity contribution in [3.63, 3.8) is 0 Å². The third-order valence-electron chi connectivity index (χ3n) is 2.70. The summed E-state index contributed by atoms with van der Waals surface area (Å²) < 4.78 is 0. The van der Waals surface area contributed by atoms with Crippen molar-refractivity contribution < 1.29 is 9.59 Å². The summed E-state index contributed by atoms with van der Waals surface area (Å²) in [6.45, 7) is 3.45. The van der Waals surface area contributed by atoms with Crippen LogP contribution in [-0.2, 0) is 4.79 Å². The van der Waals surface area contributed by atoms with Gasteiger partial charge in [0.05, 0.1) is 5.71 Å². The summed E-state index contributed by atoms with van der Waals surface area (Å²) in [6, 6.07) is 8.86. The summed E-state index contributed by atoms with van der Waals surface area (Å²) in [5.41, 5.74) is 2.28. The number of allylic oxidation sites excluding steroid dienone is 4. The van der Waals surface area contributed by atoms with Gasteiger partial charge in [0.2, 0.25) is 0 Å². The molecular formula is C15H13NO2. The summed E-state index contributed by atoms with van der Waals surface area (Å²) in [4.78, 5) is 27.4. The molecule has 0 spiro atoms. The van der Waals surface area contributed by atoms with Crippen LogP contribution in [0.5, 0.6) is 0 Å². The van der Waals surface area contributed by atoms with E-state index >= 15 is 0 Å². The van der Waals surface area contributed by atoms with Crippen LogP contribution in [0.3, 0.4) is 0 Å². The van der Waals surface area contributed by atoms with E-state index in [1.807, 2.05) is 6.07 Å². The molecule has 2 rings (SSSR count). The molecular weight excluding hydrogens is 226 g/mol. The van der Waals surface area contributed by atoms with Gasteiger partial charge in [-0.3, -0.25) is 9.59 Å². The minimum Gasteiger partial charge on any atom is -0.289 e. The van der Waals surface area contributed by atoms with Gasteiger partial charge in [-0.15, -0.1) is 0 Å². The zero-order valence-electron chi connectivity index (χ0n) is 10.3. The molecule has 0 unspecified atom stereocenters. The second kappa shape index (κ2) is 4.92. The first kappa shape index (κ1) is 12.2. The summed E-state index contributed by atoms with van der Waals surface area (Å²) in [5, 5.41) is 0. The van der Waals surface area contributed by atoms with Crippen LogP contribution in [0.2, 0.25) is 0 Å². The van der Waals surface area contributed by atoms with E-state index in [9.17, 15) is 9.59 Å². The van der Waals surface area contributed by atoms with Crippen LogP contribution in [0.1, 0.15) is 24.2 Å². The SMILES string of the molecule is CC1=CC(=NC(=O)c2ccccc2)C=C(C)C1=O. The van der Waals surface area contributed by atoms with Crippen molar-refractivity contribution in [1.82, 2.24) is 0 Å². The minimum absolute atomic E-state index is 0.00103. The molecule has 0 saturated heterocycles. The number of rotatable bonds is 1. The van der Waals surface area contributed by atoms with Gasteiger partial charge in [-0.25, -0.2) is 4.99 Å². The zero-order valence-corrected chi connectivity index (χ0v) is 10.3. The Morgan fingerprint density at radius 3 is 2.11 bits per heavy atom. The molecule has 3 heteroatoms. The van der Waals surface area contributed by atoms with Gasteiger partial charge in [-0.2, -0.15) is 0 Å². The number of ketones is 1. The number of nitrogens with zero attached hydrogens (tertiary/aromatic N) is 1. The normalized spacial score (nSPS) is 15.0. The maximum Gasteiger partial charge on any atom is 0.277 e. The fourth-order valence-electron chi connectivity index (χ4n) is 1.75. The molecule has 0 bridgehead atoms. The van der Waals surface area contributed by atoms with Gasteiger partial charge in [0.25, 0.3) is 5.91 Å². The highest BCUT2D eigenvalue weighted by atomic mass is 16.1. The largest absolute Gasteiger partial charge is 0.289 e. The average Bonchev–Trinajstić information content (AvgIpc) is 2.37. The number of Topliss-reactive ketones (excluding diaryl/α,β-unsaturated/α-hetero) is 1. The second-order valence-corrected chi connectivity index (χ2v) is 4.19. The van der Waals surface area contributed by atoms with E-state index in [2.05, 4.69) is 4.99 Å². The molecule has 0 N–H and O–H groups in total. The average molecular weight is 239 g/mol. The quantitative estimate of drug-likeness (QED) is 0.707. The summed E-state index contributed by atoms with van der Waals surface area (Å²) >= 11 is 0. The van der Waals surface area contributed by atoms with Crippen molar-refractivity contribution >= 4 is 17.4 Å². The molecule has 1 aliphatic carbocycles. The molecule has 90 valence electrons. The standard InChI is InChI=1S/C15H13NO2/c1-10-8-13(9-11(2)14(10)17)16-15(18)12-6-4-3-5-7-12/h3-9H,1-2H3. The molecule has 3 nitrogen and oxygen atoms in total. The first-order valence-electron chi connectivity index (χ1n) is 5.67. The number of hydrogen-bond acceptors (Lipinski definition) is 2. The van der Waals surface area contributed by atoms with E-state index in [1.54, 1.807) is 50.3 Å². The van der Waals surface area contributed by atoms with Gasteiger partial charge < -0.3 is 0 Å². The maximum atomic E-state index is 11.9. The van der Waals surface area contributed by atoms with E-state index in [1.165, 1.54) is 0 Å². The van der Waals surface area contributed by atoms with Crippen molar-refractivity contribution in [3.05, 3.63) is 59.2 Å². The Morgan fingerprint density at radius 2 is 1.56 bits per heavy atom. The van der Waals surface area contributed by atoms with Gasteiger partial charge in [-0.05, 0) is 49.3 Å². The molecule has 0 fully saturated rings. The molecule has 18 heavy (non-hydrogen) atoms. The lowest BCUT2D eigenvalue weighted by Gasteiger charge is -2.08. The van der Waals surface area contributed by atoms with Crippen LogP contribution in [0.15, 0.2) is 58.6 Å². The Balaban J connectivity index is 2.31. The van der Waals surface area contributed by atoms with E-state index in [4.69, 9.17) is 0 Å². The van der Waals surface area contributed by atoms with Crippen molar-refractivity contribution in [1.29, 1.82) is 0 Å². The topological polar surface area (TPSA) is 46.5 Å². The van der Waals surface area contributed by atoms with Crippen molar-refractivity contribution in [2.45, 2.75) is 13.8 Å². The summed E-state index contributed by atoms with van der Waals surface area (Å²) in [5.74, 6) is -0.297. The van der Waals surface area contributed by atoms with E-state index in [0.717, 1.165) is 0 Å². The molecule has 0 heterocycles. The van der Waals surface area contributed by atoms with Gasteiger partial charge >= 0.3 is 0 Å². The first-order valence-corrected chi connectivity index (χ1v) is 5.67. The number of amides is 1. The molecule has 0 aromatic heterocycles. The molecule has 1 amide bonds. The molecule has 1 aromatic rings. The minimum atomic E-state index is -0.298. The van der Waals surface area contributed by atoms with Gasteiger partial charge in [0, 0.05) is 5.56 Å². The highest BCUT2D eigenvalue weighted by Crippen LogP contribution is 2.13. The smallest absolute Gasteiger partial charge is 0.277 e. The van der Waals surface area contributed by atoms with Crippen LogP contribution >= 0.6 is 0 Å². The third-order valence-corrected chi connectivity index (χ3v) is 2.70. The molecule has 0 radical (unpaired) electrons. The Labute approximate surface area is 106 Å². The molecule has 0 aliphatic heterocycles. The summed E-state index contributed by atoms with van der Waals surface area (Å²) in [7, 11) is 0. The highest BCUT2D eigenvalue weighted by Gasteiger charge is 2.14. The van der Waals surface area contributed by atoms with Crippen LogP contribution in [0, 0.1) is 0 Å². The molecule has 1 aliphatic rings. The lowest BCUT2D eigenvalue weighted by atomic mass is 9.98. The number of carbonyl (C=O) groups excluding carboxylic acids is 2. The Morgan fingerprint density at radius 1 is 1.00 bits per heavy atom. The van der Waals surface area contributed by atoms with E-state index < -0.39 is 0 Å². The van der Waals surface area contributed by atoms with Gasteiger partial charge in [0.15, 0.2) is 5.78 Å². The highest BCUT2D eigenvalue weighted by molar-refractivity contribution is 6.23. The fraction of sp³-hybridized carbons (Fsp3) is 0.133. The van der Waals surface area contributed by atoms with Crippen LogP contribution < -0.4 is 0 Å². The van der Waals surface area contributed by atoms with Crippen molar-refractivity contribution in [2.75, 3.05) is 0 Å². The molecule has 0 saturated carbocycles. The van der Waals surface area contributed by atoms with Gasteiger partial charge in [-0.1, -0.05) is 18.2 Å². The number of hydrogen-bond donors (Lipinski definition) is 0. The first-order chi connectivity index (χ1) is 8.58. The predicted octanol–water partition coefficient (Wildman–Crippen LogP) is 2.74. The zero-order chi connectivity index (χ0) is 13.1. The Bertz CT molecular complexity index is 568. The number of aliphatic imine (C=N–C) groups is 1. The monoisotopic (exact) mass is 239 g/mol. The summed E-state index contributed by atoms with van der Waals surface area (Å²) in [6.07, 6.45) is 3.27. The van der Waals surface area contributed by atoms with Crippen LogP contribution in [-0.4, -0.2) is 17.4 Å². The lowest BCUT2D eigenvalue weighted by Crippen LogP contribution is -2.11. The Kier molecular flexibility index (Phi) is 3.33. The lowest BCUT2D eigenvalue weighted by molar-refractivity contribution is -0.112. The van der Waals surface area contributed by atoms with Crippen molar-refractivity contribution in [3.8, 4) is 0 Å². The van der Waals surface area contributed by atoms with E-state index in [0.29, 0.717) is 22.4 Å². The number of benzene rings is 1. The van der Waals surface area contributed by atoms with Gasteiger partial charge in [0.1, 0.15) is 0 Å². The predicted molar refractivity (Wildman–Crippen MR) is 70.7 cm³/mol. The molecule has 0 atom stereocenters. The fourth-order valence-corrected chi connectivity index (χ4v) is 1.75. The number of carbonyl (C=O) groups is 2. The Hall–Kier alpha value is -2.29.